The van der Waals surface area contributed by atoms with Crippen LogP contribution in [-0.2, 0) is 14.3 Å². The highest BCUT2D eigenvalue weighted by Gasteiger charge is 2.28. The number of esters is 1. The van der Waals surface area contributed by atoms with Crippen molar-refractivity contribution < 1.29 is 14.3 Å². The van der Waals surface area contributed by atoms with E-state index in [-0.39, 0.29) is 11.9 Å². The van der Waals surface area contributed by atoms with Gasteiger partial charge < -0.3 is 10.1 Å². The van der Waals surface area contributed by atoms with Crippen LogP contribution in [-0.4, -0.2) is 32.6 Å². The van der Waals surface area contributed by atoms with E-state index >= 15 is 0 Å². The minimum atomic E-state index is -1.17. The number of rotatable bonds is 4. The van der Waals surface area contributed by atoms with Crippen molar-refractivity contribution in [1.29, 1.82) is 0 Å². The van der Waals surface area contributed by atoms with Crippen molar-refractivity contribution in [2.24, 2.45) is 0 Å². The molecule has 1 amide bonds. The summed E-state index contributed by atoms with van der Waals surface area (Å²) in [6.45, 7) is 7.11. The van der Waals surface area contributed by atoms with Gasteiger partial charge in [0.05, 0.1) is 6.61 Å². The number of hydrogen-bond acceptors (Lipinski definition) is 3. The van der Waals surface area contributed by atoms with Crippen molar-refractivity contribution in [2.75, 3.05) is 6.61 Å². The monoisotopic (exact) mass is 229 g/mol. The summed E-state index contributed by atoms with van der Waals surface area (Å²) >= 11 is 0. The molecule has 86 valence electrons. The molecule has 1 saturated heterocycles. The molecule has 1 rings (SSSR count). The summed E-state index contributed by atoms with van der Waals surface area (Å²) in [7, 11) is -1.17. The Morgan fingerprint density at radius 1 is 1.53 bits per heavy atom. The standard InChI is InChI=1S/C10H19NO3Si/c1-15(2,3)7-5-9(12)11-8-4-6-14-10(8)13/h8H,4-7H2,1-3H3,(H,11,12). The van der Waals surface area contributed by atoms with Gasteiger partial charge in [-0.05, 0) is 6.04 Å². The van der Waals surface area contributed by atoms with E-state index in [4.69, 9.17) is 4.74 Å². The van der Waals surface area contributed by atoms with Gasteiger partial charge in [-0.25, -0.2) is 4.79 Å². The van der Waals surface area contributed by atoms with E-state index in [1.165, 1.54) is 0 Å². The Morgan fingerprint density at radius 2 is 2.20 bits per heavy atom. The molecule has 1 atom stereocenters. The van der Waals surface area contributed by atoms with Crippen molar-refractivity contribution in [2.45, 2.75) is 44.6 Å². The minimum Gasteiger partial charge on any atom is -0.464 e. The van der Waals surface area contributed by atoms with Gasteiger partial charge in [0.25, 0.3) is 0 Å². The fourth-order valence-corrected chi connectivity index (χ4v) is 2.36. The van der Waals surface area contributed by atoms with Crippen LogP contribution in [0.1, 0.15) is 12.8 Å². The molecule has 0 aliphatic carbocycles. The molecule has 0 radical (unpaired) electrons. The highest BCUT2D eigenvalue weighted by Crippen LogP contribution is 2.12. The molecule has 0 aromatic carbocycles. The van der Waals surface area contributed by atoms with Crippen LogP contribution in [0.2, 0.25) is 25.7 Å². The second kappa shape index (κ2) is 4.79. The van der Waals surface area contributed by atoms with Gasteiger partial charge in [0.1, 0.15) is 6.04 Å². The average Bonchev–Trinajstić information content (AvgIpc) is 2.47. The van der Waals surface area contributed by atoms with Crippen LogP contribution in [0, 0.1) is 0 Å². The molecule has 0 spiro atoms. The van der Waals surface area contributed by atoms with Gasteiger partial charge in [-0.3, -0.25) is 4.79 Å². The van der Waals surface area contributed by atoms with Gasteiger partial charge in [-0.1, -0.05) is 19.6 Å². The van der Waals surface area contributed by atoms with E-state index in [9.17, 15) is 9.59 Å². The number of ether oxygens (including phenoxy) is 1. The van der Waals surface area contributed by atoms with E-state index < -0.39 is 14.1 Å². The summed E-state index contributed by atoms with van der Waals surface area (Å²) in [5.41, 5.74) is 0. The van der Waals surface area contributed by atoms with Crippen molar-refractivity contribution in [1.82, 2.24) is 5.32 Å². The Balaban J connectivity index is 2.27. The molecule has 1 unspecified atom stereocenters. The van der Waals surface area contributed by atoms with Crippen molar-refractivity contribution in [3.8, 4) is 0 Å². The Kier molecular flexibility index (Phi) is 3.90. The molecule has 0 aromatic heterocycles. The zero-order valence-electron chi connectivity index (χ0n) is 9.63. The zero-order valence-corrected chi connectivity index (χ0v) is 10.6. The molecule has 0 bridgehead atoms. The van der Waals surface area contributed by atoms with Gasteiger partial charge >= 0.3 is 5.97 Å². The lowest BCUT2D eigenvalue weighted by atomic mass is 10.2. The third-order valence-electron chi connectivity index (χ3n) is 2.37. The smallest absolute Gasteiger partial charge is 0.328 e. The summed E-state index contributed by atoms with van der Waals surface area (Å²) in [4.78, 5) is 22.6. The van der Waals surface area contributed by atoms with Crippen LogP contribution < -0.4 is 5.32 Å². The van der Waals surface area contributed by atoms with Gasteiger partial charge in [0.2, 0.25) is 5.91 Å². The lowest BCUT2D eigenvalue weighted by Gasteiger charge is -2.15. The fraction of sp³-hybridized carbons (Fsp3) is 0.800. The topological polar surface area (TPSA) is 55.4 Å². The second-order valence-electron chi connectivity index (χ2n) is 5.14. The summed E-state index contributed by atoms with van der Waals surface area (Å²) in [6.07, 6.45) is 1.14. The van der Waals surface area contributed by atoms with Gasteiger partial charge in [-0.2, -0.15) is 0 Å². The van der Waals surface area contributed by atoms with Crippen LogP contribution >= 0.6 is 0 Å². The molecule has 1 fully saturated rings. The van der Waals surface area contributed by atoms with Gasteiger partial charge in [-0.15, -0.1) is 0 Å². The first kappa shape index (κ1) is 12.2. The van der Waals surface area contributed by atoms with Crippen LogP contribution in [0.25, 0.3) is 0 Å². The molecule has 1 N–H and O–H groups in total. The van der Waals surface area contributed by atoms with E-state index in [0.717, 1.165) is 6.04 Å². The molecular weight excluding hydrogens is 210 g/mol. The summed E-state index contributed by atoms with van der Waals surface area (Å²) < 4.78 is 4.77. The predicted molar refractivity (Wildman–Crippen MR) is 60.3 cm³/mol. The molecule has 15 heavy (non-hydrogen) atoms. The lowest BCUT2D eigenvalue weighted by Crippen LogP contribution is -2.38. The Morgan fingerprint density at radius 3 is 2.67 bits per heavy atom. The molecule has 1 aliphatic heterocycles. The maximum absolute atomic E-state index is 11.5. The van der Waals surface area contributed by atoms with Gasteiger partial charge in [0, 0.05) is 20.9 Å². The van der Waals surface area contributed by atoms with Crippen molar-refractivity contribution in [3.63, 3.8) is 0 Å². The highest BCUT2D eigenvalue weighted by molar-refractivity contribution is 6.76. The van der Waals surface area contributed by atoms with E-state index in [2.05, 4.69) is 25.0 Å². The van der Waals surface area contributed by atoms with Crippen LogP contribution in [0.3, 0.4) is 0 Å². The third kappa shape index (κ3) is 4.46. The molecule has 4 nitrogen and oxygen atoms in total. The van der Waals surface area contributed by atoms with Crippen LogP contribution in [0.4, 0.5) is 0 Å². The second-order valence-corrected chi connectivity index (χ2v) is 10.8. The Hall–Kier alpha value is -0.843. The van der Waals surface area contributed by atoms with Gasteiger partial charge in [0.15, 0.2) is 0 Å². The van der Waals surface area contributed by atoms with Crippen LogP contribution in [0.15, 0.2) is 0 Å². The molecular formula is C10H19NO3Si. The summed E-state index contributed by atoms with van der Waals surface area (Å²) in [5, 5.41) is 2.71. The number of hydrogen-bond donors (Lipinski definition) is 1. The first-order valence-electron chi connectivity index (χ1n) is 5.34. The number of carbonyl (C=O) groups excluding carboxylic acids is 2. The van der Waals surface area contributed by atoms with Crippen molar-refractivity contribution in [3.05, 3.63) is 0 Å². The third-order valence-corrected chi connectivity index (χ3v) is 4.12. The predicted octanol–water partition coefficient (Wildman–Crippen LogP) is 1.15. The molecule has 0 aromatic rings. The first-order chi connectivity index (χ1) is 6.88. The molecule has 1 heterocycles. The normalized spacial score (nSPS) is 21.3. The van der Waals surface area contributed by atoms with E-state index in [1.54, 1.807) is 0 Å². The SMILES string of the molecule is C[Si](C)(C)CCC(=O)NC1CCOC1=O. The average molecular weight is 229 g/mol. The summed E-state index contributed by atoms with van der Waals surface area (Å²) in [5.74, 6) is -0.322. The Bertz CT molecular complexity index is 260. The minimum absolute atomic E-state index is 0.0266. The number of nitrogens with one attached hydrogen (secondary N) is 1. The zero-order chi connectivity index (χ0) is 11.5. The maximum Gasteiger partial charge on any atom is 0.328 e. The van der Waals surface area contributed by atoms with E-state index in [1.807, 2.05) is 0 Å². The maximum atomic E-state index is 11.5. The quantitative estimate of drug-likeness (QED) is 0.581. The highest BCUT2D eigenvalue weighted by atomic mass is 28.3. The molecule has 1 aliphatic rings. The first-order valence-corrected chi connectivity index (χ1v) is 9.05. The number of cyclic esters (lactones) is 1. The van der Waals surface area contributed by atoms with Crippen LogP contribution in [0.5, 0.6) is 0 Å². The number of carbonyl (C=O) groups is 2. The van der Waals surface area contributed by atoms with Crippen molar-refractivity contribution >= 4 is 20.0 Å². The molecule has 0 saturated carbocycles. The van der Waals surface area contributed by atoms with E-state index in [0.29, 0.717) is 19.4 Å². The lowest BCUT2D eigenvalue weighted by molar-refractivity contribution is -0.141. The largest absolute Gasteiger partial charge is 0.464 e. The summed E-state index contributed by atoms with van der Waals surface area (Å²) in [6, 6.07) is 0.555. The Labute approximate surface area is 91.4 Å². The fourth-order valence-electron chi connectivity index (χ4n) is 1.38. The number of amides is 1. The molecule has 5 heteroatoms.